The van der Waals surface area contributed by atoms with Crippen LogP contribution < -0.4 is 5.32 Å². The molecule has 0 spiro atoms. The van der Waals surface area contributed by atoms with E-state index >= 15 is 0 Å². The predicted molar refractivity (Wildman–Crippen MR) is 59.5 cm³/mol. The number of rotatable bonds is 7. The van der Waals surface area contributed by atoms with Crippen molar-refractivity contribution in [2.45, 2.75) is 38.8 Å². The summed E-state index contributed by atoms with van der Waals surface area (Å²) in [4.78, 5) is 11.2. The molecule has 88 valence electrons. The first-order chi connectivity index (χ1) is 7.15. The van der Waals surface area contributed by atoms with Crippen LogP contribution in [0.25, 0.3) is 0 Å². The molecule has 0 aliphatic carbocycles. The Hall–Kier alpha value is -0.870. The van der Waals surface area contributed by atoms with Gasteiger partial charge in [-0.3, -0.25) is 4.79 Å². The third-order valence-corrected chi connectivity index (χ3v) is 1.99. The van der Waals surface area contributed by atoms with Gasteiger partial charge in [0, 0.05) is 13.5 Å². The molecule has 15 heavy (non-hydrogen) atoms. The lowest BCUT2D eigenvalue weighted by Gasteiger charge is -2.21. The Labute approximate surface area is 91.3 Å². The van der Waals surface area contributed by atoms with E-state index < -0.39 is 6.10 Å². The normalized spacial score (nSPS) is 15.2. The second kappa shape index (κ2) is 8.44. The van der Waals surface area contributed by atoms with Crippen molar-refractivity contribution in [3.63, 3.8) is 0 Å². The number of hydrogen-bond acceptors (Lipinski definition) is 3. The highest BCUT2D eigenvalue weighted by Gasteiger charge is 2.17. The molecule has 0 aliphatic rings. The van der Waals surface area contributed by atoms with Crippen molar-refractivity contribution in [1.82, 2.24) is 5.32 Å². The van der Waals surface area contributed by atoms with Gasteiger partial charge in [-0.15, -0.1) is 0 Å². The largest absolute Gasteiger partial charge is 0.387 e. The second-order valence-corrected chi connectivity index (χ2v) is 3.31. The van der Waals surface area contributed by atoms with Crippen LogP contribution in [-0.2, 0) is 9.53 Å². The van der Waals surface area contributed by atoms with Crippen molar-refractivity contribution in [2.75, 3.05) is 13.7 Å². The van der Waals surface area contributed by atoms with E-state index in [0.29, 0.717) is 13.0 Å². The van der Waals surface area contributed by atoms with E-state index in [4.69, 9.17) is 4.74 Å². The molecular formula is C11H21NO3. The zero-order valence-electron chi connectivity index (χ0n) is 9.69. The number of ether oxygens (including phenoxy) is 1. The van der Waals surface area contributed by atoms with E-state index in [1.165, 1.54) is 0 Å². The molecule has 0 aromatic heterocycles. The smallest absolute Gasteiger partial charge is 0.220 e. The number of hydrogen-bond donors (Lipinski definition) is 2. The number of amides is 1. The fraction of sp³-hybridized carbons (Fsp3) is 0.727. The van der Waals surface area contributed by atoms with Gasteiger partial charge in [0.1, 0.15) is 0 Å². The van der Waals surface area contributed by atoms with Gasteiger partial charge in [-0.1, -0.05) is 26.0 Å². The van der Waals surface area contributed by atoms with Crippen LogP contribution in [0.1, 0.15) is 26.7 Å². The van der Waals surface area contributed by atoms with E-state index in [-0.39, 0.29) is 11.9 Å². The first kappa shape index (κ1) is 14.1. The van der Waals surface area contributed by atoms with Gasteiger partial charge >= 0.3 is 0 Å². The van der Waals surface area contributed by atoms with Crippen LogP contribution in [-0.4, -0.2) is 36.9 Å². The van der Waals surface area contributed by atoms with Crippen LogP contribution in [0.5, 0.6) is 0 Å². The summed E-state index contributed by atoms with van der Waals surface area (Å²) in [6, 6.07) is -0.370. The van der Waals surface area contributed by atoms with E-state index in [9.17, 15) is 9.90 Å². The average molecular weight is 215 g/mol. The quantitative estimate of drug-likeness (QED) is 0.619. The third-order valence-electron chi connectivity index (χ3n) is 1.99. The van der Waals surface area contributed by atoms with Crippen LogP contribution in [0, 0.1) is 0 Å². The molecule has 0 unspecified atom stereocenters. The summed E-state index contributed by atoms with van der Waals surface area (Å²) in [5, 5.41) is 12.4. The van der Waals surface area contributed by atoms with Gasteiger partial charge in [-0.05, 0) is 6.42 Å². The molecule has 0 bridgehead atoms. The Morgan fingerprint density at radius 1 is 1.53 bits per heavy atom. The van der Waals surface area contributed by atoms with Crippen LogP contribution >= 0.6 is 0 Å². The van der Waals surface area contributed by atoms with E-state index in [2.05, 4.69) is 5.32 Å². The van der Waals surface area contributed by atoms with Crippen LogP contribution in [0.15, 0.2) is 12.2 Å². The molecule has 4 nitrogen and oxygen atoms in total. The highest BCUT2D eigenvalue weighted by atomic mass is 16.5. The van der Waals surface area contributed by atoms with Gasteiger partial charge < -0.3 is 15.2 Å². The Kier molecular flexibility index (Phi) is 7.95. The lowest BCUT2D eigenvalue weighted by molar-refractivity contribution is -0.122. The molecule has 0 aromatic carbocycles. The van der Waals surface area contributed by atoms with Crippen molar-refractivity contribution in [2.24, 2.45) is 0 Å². The summed E-state index contributed by atoms with van der Waals surface area (Å²) in [5.41, 5.74) is 0. The van der Waals surface area contributed by atoms with E-state index in [0.717, 1.165) is 6.42 Å². The van der Waals surface area contributed by atoms with E-state index in [1.807, 2.05) is 13.0 Å². The maximum atomic E-state index is 11.2. The number of nitrogens with one attached hydrogen (secondary N) is 1. The van der Waals surface area contributed by atoms with E-state index in [1.54, 1.807) is 20.1 Å². The van der Waals surface area contributed by atoms with Crippen molar-refractivity contribution in [3.8, 4) is 0 Å². The second-order valence-electron chi connectivity index (χ2n) is 3.31. The highest BCUT2D eigenvalue weighted by molar-refractivity contribution is 5.75. The summed E-state index contributed by atoms with van der Waals surface area (Å²) in [6.45, 7) is 4.06. The number of allylic oxidation sites excluding steroid dienone is 1. The maximum Gasteiger partial charge on any atom is 0.220 e. The predicted octanol–water partition coefficient (Wildman–Crippen LogP) is 0.855. The molecule has 0 saturated carbocycles. The van der Waals surface area contributed by atoms with Crippen molar-refractivity contribution in [1.29, 1.82) is 0 Å². The third kappa shape index (κ3) is 6.25. The molecule has 1 amide bonds. The minimum absolute atomic E-state index is 0.0824. The SMILES string of the molecule is CCC=C[C@@H](O)[C@H](COC)NC(=O)CC. The fourth-order valence-electron chi connectivity index (χ4n) is 1.12. The zero-order valence-corrected chi connectivity index (χ0v) is 9.69. The Morgan fingerprint density at radius 3 is 2.67 bits per heavy atom. The summed E-state index contributed by atoms with van der Waals surface area (Å²) in [7, 11) is 1.54. The molecule has 0 heterocycles. The number of aliphatic hydroxyl groups is 1. The Balaban J connectivity index is 4.23. The number of methoxy groups -OCH3 is 1. The van der Waals surface area contributed by atoms with Gasteiger partial charge in [0.2, 0.25) is 5.91 Å². The molecule has 4 heteroatoms. The van der Waals surface area contributed by atoms with Crippen molar-refractivity contribution >= 4 is 5.91 Å². The van der Waals surface area contributed by atoms with Crippen LogP contribution in [0.4, 0.5) is 0 Å². The molecule has 0 aromatic rings. The first-order valence-electron chi connectivity index (χ1n) is 5.28. The summed E-state index contributed by atoms with van der Waals surface area (Å²) < 4.78 is 4.94. The molecule has 0 fully saturated rings. The molecular weight excluding hydrogens is 194 g/mol. The zero-order chi connectivity index (χ0) is 11.7. The van der Waals surface area contributed by atoms with Gasteiger partial charge in [-0.25, -0.2) is 0 Å². The fourth-order valence-corrected chi connectivity index (χ4v) is 1.12. The topological polar surface area (TPSA) is 58.6 Å². The molecule has 0 aliphatic heterocycles. The van der Waals surface area contributed by atoms with Gasteiger partial charge in [0.15, 0.2) is 0 Å². The van der Waals surface area contributed by atoms with Gasteiger partial charge in [0.05, 0.1) is 18.8 Å². The molecule has 0 saturated heterocycles. The maximum absolute atomic E-state index is 11.2. The first-order valence-corrected chi connectivity index (χ1v) is 5.28. The minimum Gasteiger partial charge on any atom is -0.387 e. The van der Waals surface area contributed by atoms with Gasteiger partial charge in [-0.2, -0.15) is 0 Å². The Morgan fingerprint density at radius 2 is 2.20 bits per heavy atom. The lowest BCUT2D eigenvalue weighted by atomic mass is 10.1. The average Bonchev–Trinajstić information content (AvgIpc) is 2.24. The van der Waals surface area contributed by atoms with Gasteiger partial charge in [0.25, 0.3) is 0 Å². The molecule has 2 N–H and O–H groups in total. The number of carbonyl (C=O) groups excluding carboxylic acids is 1. The monoisotopic (exact) mass is 215 g/mol. The summed E-state index contributed by atoms with van der Waals surface area (Å²) in [5.74, 6) is -0.0824. The lowest BCUT2D eigenvalue weighted by Crippen LogP contribution is -2.45. The highest BCUT2D eigenvalue weighted by Crippen LogP contribution is 1.98. The number of aliphatic hydroxyl groups excluding tert-OH is 1. The standard InChI is InChI=1S/C11H21NO3/c1-4-6-7-10(13)9(8-15-3)12-11(14)5-2/h6-7,9-10,13H,4-5,8H2,1-3H3,(H,12,14)/t9-,10+/m0/s1. The molecule has 0 radical (unpaired) electrons. The van der Waals surface area contributed by atoms with Crippen molar-refractivity contribution in [3.05, 3.63) is 12.2 Å². The summed E-state index contributed by atoms with van der Waals surface area (Å²) in [6.07, 6.45) is 4.12. The molecule has 2 atom stereocenters. The summed E-state index contributed by atoms with van der Waals surface area (Å²) >= 11 is 0. The minimum atomic E-state index is -0.694. The Bertz CT molecular complexity index is 204. The van der Waals surface area contributed by atoms with Crippen LogP contribution in [0.2, 0.25) is 0 Å². The van der Waals surface area contributed by atoms with Crippen LogP contribution in [0.3, 0.4) is 0 Å². The molecule has 0 rings (SSSR count). The number of carbonyl (C=O) groups is 1. The van der Waals surface area contributed by atoms with Crippen molar-refractivity contribution < 1.29 is 14.6 Å².